The molecule has 0 saturated heterocycles. The molecule has 0 heterocycles. The molecule has 0 spiro atoms. The highest BCUT2D eigenvalue weighted by molar-refractivity contribution is 7.03. The van der Waals surface area contributed by atoms with Crippen LogP contribution in [0.4, 0.5) is 0 Å². The van der Waals surface area contributed by atoms with Crippen LogP contribution >= 0.6 is 0 Å². The summed E-state index contributed by atoms with van der Waals surface area (Å²) >= 11 is 0. The second kappa shape index (κ2) is 9.53. The monoisotopic (exact) mass is 454 g/mol. The second-order valence-corrected chi connectivity index (χ2v) is 17.8. The Bertz CT molecular complexity index is 883. The lowest BCUT2D eigenvalue weighted by atomic mass is 10.4. The van der Waals surface area contributed by atoms with Gasteiger partial charge in [0.1, 0.15) is 0 Å². The van der Waals surface area contributed by atoms with E-state index in [4.69, 9.17) is 17.1 Å². The minimum absolute atomic E-state index is 1.04. The van der Waals surface area contributed by atoms with Crippen LogP contribution in [0.15, 0.2) is 91.0 Å². The Morgan fingerprint density at radius 1 is 0.500 bits per heavy atom. The molecule has 7 heteroatoms. The molecule has 0 fully saturated rings. The molecule has 0 aliphatic carbocycles. The SMILES string of the molecule is CO[Si](C)(C)O[Si](O[Si](C)(OC)c1ccccc1)(c1ccccc1)c1ccccc1. The van der Waals surface area contributed by atoms with E-state index in [0.29, 0.717) is 0 Å². The highest BCUT2D eigenvalue weighted by Crippen LogP contribution is 2.22. The molecule has 30 heavy (non-hydrogen) atoms. The van der Waals surface area contributed by atoms with Crippen molar-refractivity contribution in [1.82, 2.24) is 0 Å². The van der Waals surface area contributed by atoms with Crippen molar-refractivity contribution in [2.75, 3.05) is 14.2 Å². The predicted octanol–water partition coefficient (Wildman–Crippen LogP) is 3.25. The molecule has 3 rings (SSSR count). The minimum Gasteiger partial charge on any atom is -0.408 e. The molecule has 0 radical (unpaired) electrons. The molecule has 0 amide bonds. The summed E-state index contributed by atoms with van der Waals surface area (Å²) in [5, 5.41) is 3.15. The maximum absolute atomic E-state index is 7.16. The van der Waals surface area contributed by atoms with Crippen LogP contribution in [0.1, 0.15) is 0 Å². The van der Waals surface area contributed by atoms with Gasteiger partial charge >= 0.3 is 25.7 Å². The average Bonchev–Trinajstić information content (AvgIpc) is 2.80. The largest absolute Gasteiger partial charge is 0.408 e. The van der Waals surface area contributed by atoms with Crippen molar-refractivity contribution in [2.45, 2.75) is 19.6 Å². The second-order valence-electron chi connectivity index (χ2n) is 7.67. The van der Waals surface area contributed by atoms with Gasteiger partial charge in [0.05, 0.1) is 0 Å². The van der Waals surface area contributed by atoms with Crippen LogP contribution in [0.3, 0.4) is 0 Å². The molecule has 0 aliphatic heterocycles. The van der Waals surface area contributed by atoms with Gasteiger partial charge in [-0.25, -0.2) is 0 Å². The first kappa shape index (κ1) is 22.8. The predicted molar refractivity (Wildman–Crippen MR) is 129 cm³/mol. The summed E-state index contributed by atoms with van der Waals surface area (Å²) in [5.74, 6) is 0. The quantitative estimate of drug-likeness (QED) is 0.465. The third-order valence-electron chi connectivity index (χ3n) is 5.21. The summed E-state index contributed by atoms with van der Waals surface area (Å²) < 4.78 is 26.1. The lowest BCUT2D eigenvalue weighted by molar-refractivity contribution is 0.259. The summed E-state index contributed by atoms with van der Waals surface area (Å²) in [5.41, 5.74) is 0. The molecule has 0 saturated carbocycles. The van der Waals surface area contributed by atoms with Crippen molar-refractivity contribution < 1.29 is 17.1 Å². The van der Waals surface area contributed by atoms with Crippen LogP contribution in [-0.4, -0.2) is 39.9 Å². The van der Waals surface area contributed by atoms with Gasteiger partial charge in [-0.05, 0) is 35.2 Å². The van der Waals surface area contributed by atoms with Crippen LogP contribution < -0.4 is 15.6 Å². The van der Waals surface area contributed by atoms with Crippen molar-refractivity contribution in [3.8, 4) is 0 Å². The van der Waals surface area contributed by atoms with Gasteiger partial charge in [-0.1, -0.05) is 91.0 Å². The van der Waals surface area contributed by atoms with Gasteiger partial charge in [-0.15, -0.1) is 0 Å². The maximum atomic E-state index is 7.16. The normalized spacial score (nSPS) is 14.3. The lowest BCUT2D eigenvalue weighted by Gasteiger charge is -2.42. The topological polar surface area (TPSA) is 36.9 Å². The summed E-state index contributed by atoms with van der Waals surface area (Å²) in [6.07, 6.45) is 0. The Kier molecular flexibility index (Phi) is 7.25. The molecule has 1 unspecified atom stereocenters. The first-order valence-corrected chi connectivity index (χ1v) is 17.0. The van der Waals surface area contributed by atoms with E-state index in [1.165, 1.54) is 0 Å². The summed E-state index contributed by atoms with van der Waals surface area (Å²) in [4.78, 5) is 0. The molecular formula is C23H30O4Si3. The fourth-order valence-corrected chi connectivity index (χ4v) is 14.5. The van der Waals surface area contributed by atoms with E-state index in [0.717, 1.165) is 15.6 Å². The number of hydrogen-bond donors (Lipinski definition) is 0. The van der Waals surface area contributed by atoms with Crippen LogP contribution in [0.2, 0.25) is 19.6 Å². The molecule has 0 bridgehead atoms. The number of rotatable bonds is 9. The van der Waals surface area contributed by atoms with E-state index in [1.54, 1.807) is 14.2 Å². The zero-order valence-electron chi connectivity index (χ0n) is 18.3. The zero-order valence-corrected chi connectivity index (χ0v) is 21.3. The van der Waals surface area contributed by atoms with Gasteiger partial charge < -0.3 is 17.1 Å². The van der Waals surface area contributed by atoms with E-state index in [9.17, 15) is 0 Å². The fraction of sp³-hybridized carbons (Fsp3) is 0.217. The Hall–Kier alpha value is -1.85. The summed E-state index contributed by atoms with van der Waals surface area (Å²) in [6, 6.07) is 30.7. The summed E-state index contributed by atoms with van der Waals surface area (Å²) in [6.45, 7) is 6.19. The van der Waals surface area contributed by atoms with Crippen molar-refractivity contribution in [1.29, 1.82) is 0 Å². The zero-order chi connectivity index (χ0) is 21.7. The Balaban J connectivity index is 2.24. The van der Waals surface area contributed by atoms with Gasteiger partial charge in [-0.2, -0.15) is 0 Å². The first-order valence-electron chi connectivity index (χ1n) is 10.0. The van der Waals surface area contributed by atoms with Gasteiger partial charge in [0.25, 0.3) is 0 Å². The molecule has 3 aromatic rings. The Morgan fingerprint density at radius 3 is 1.27 bits per heavy atom. The standard InChI is InChI=1S/C23H30O4Si3/c1-24-28(3,4)26-30(22-17-11-7-12-18-22,23-19-13-8-14-20-23)27-29(5,25-2)21-15-9-6-10-16-21/h6-20H,1-5H3. The first-order chi connectivity index (χ1) is 14.4. The fourth-order valence-electron chi connectivity index (χ4n) is 3.36. The molecular weight excluding hydrogens is 425 g/mol. The van der Waals surface area contributed by atoms with Gasteiger partial charge in [-0.3, -0.25) is 0 Å². The highest BCUT2D eigenvalue weighted by Gasteiger charge is 2.53. The molecule has 1 atom stereocenters. The van der Waals surface area contributed by atoms with E-state index >= 15 is 0 Å². The lowest BCUT2D eigenvalue weighted by Crippen LogP contribution is -2.73. The smallest absolute Gasteiger partial charge is 0.389 e. The van der Waals surface area contributed by atoms with E-state index in [-0.39, 0.29) is 0 Å². The molecule has 4 nitrogen and oxygen atoms in total. The van der Waals surface area contributed by atoms with E-state index in [1.807, 2.05) is 54.6 Å². The molecule has 0 N–H and O–H groups in total. The molecule has 158 valence electrons. The van der Waals surface area contributed by atoms with E-state index in [2.05, 4.69) is 56.0 Å². The van der Waals surface area contributed by atoms with E-state index < -0.39 is 25.7 Å². The Labute approximate surface area is 183 Å². The minimum atomic E-state index is -3.17. The van der Waals surface area contributed by atoms with Gasteiger partial charge in [0.15, 0.2) is 0 Å². The van der Waals surface area contributed by atoms with Crippen LogP contribution in [0.5, 0.6) is 0 Å². The molecule has 0 aromatic heterocycles. The third-order valence-corrected chi connectivity index (χ3v) is 16.4. The van der Waals surface area contributed by atoms with Crippen LogP contribution in [-0.2, 0) is 17.1 Å². The molecule has 0 aliphatic rings. The number of hydrogen-bond acceptors (Lipinski definition) is 4. The van der Waals surface area contributed by atoms with Crippen molar-refractivity contribution in [3.05, 3.63) is 91.0 Å². The maximum Gasteiger partial charge on any atom is 0.389 e. The van der Waals surface area contributed by atoms with Crippen molar-refractivity contribution in [2.24, 2.45) is 0 Å². The number of benzene rings is 3. The third kappa shape index (κ3) is 4.89. The summed E-state index contributed by atoms with van der Waals surface area (Å²) in [7, 11) is -5.02. The van der Waals surface area contributed by atoms with Crippen LogP contribution in [0, 0.1) is 0 Å². The highest BCUT2D eigenvalue weighted by atomic mass is 28.5. The van der Waals surface area contributed by atoms with Gasteiger partial charge in [0.2, 0.25) is 0 Å². The average molecular weight is 455 g/mol. The van der Waals surface area contributed by atoms with Crippen molar-refractivity contribution in [3.63, 3.8) is 0 Å². The molecule has 3 aromatic carbocycles. The van der Waals surface area contributed by atoms with Crippen LogP contribution in [0.25, 0.3) is 0 Å². The van der Waals surface area contributed by atoms with Crippen molar-refractivity contribution >= 4 is 41.2 Å². The van der Waals surface area contributed by atoms with Gasteiger partial charge in [0, 0.05) is 14.2 Å². The Morgan fingerprint density at radius 2 is 0.900 bits per heavy atom.